The average molecular weight is 314 g/mol. The van der Waals surface area contributed by atoms with Gasteiger partial charge in [-0.2, -0.15) is 11.8 Å². The van der Waals surface area contributed by atoms with Crippen LogP contribution in [0.5, 0.6) is 0 Å². The highest BCUT2D eigenvalue weighted by Gasteiger charge is 2.26. The van der Waals surface area contributed by atoms with Crippen LogP contribution in [-0.2, 0) is 10.0 Å². The lowest BCUT2D eigenvalue weighted by Gasteiger charge is -2.15. The highest BCUT2D eigenvalue weighted by atomic mass is 32.2. The Bertz CT molecular complexity index is 697. The summed E-state index contributed by atoms with van der Waals surface area (Å²) in [5.41, 5.74) is 6.29. The summed E-state index contributed by atoms with van der Waals surface area (Å²) in [5.74, 6) is 0.731. The molecule has 0 saturated heterocycles. The fourth-order valence-corrected chi connectivity index (χ4v) is 4.33. The predicted molar refractivity (Wildman–Crippen MR) is 82.4 cm³/mol. The van der Waals surface area contributed by atoms with Crippen LogP contribution in [0.2, 0.25) is 0 Å². The number of nitrogens with zero attached hydrogens (tertiary/aromatic N) is 2. The summed E-state index contributed by atoms with van der Waals surface area (Å²) in [4.78, 5) is 4.07. The second-order valence-electron chi connectivity index (χ2n) is 4.41. The number of aromatic nitrogens is 2. The molecule has 0 fully saturated rings. The van der Waals surface area contributed by atoms with Crippen LogP contribution in [0.15, 0.2) is 29.4 Å². The number of anilines is 1. The maximum Gasteiger partial charge on any atom is 0.260 e. The molecule has 0 aliphatic heterocycles. The first kappa shape index (κ1) is 15.1. The zero-order valence-corrected chi connectivity index (χ0v) is 13.0. The van der Waals surface area contributed by atoms with Crippen molar-refractivity contribution in [3.8, 4) is 0 Å². The number of rotatable bonds is 6. The number of nitrogens with one attached hydrogen (secondary N) is 1. The van der Waals surface area contributed by atoms with Gasteiger partial charge in [0, 0.05) is 18.0 Å². The predicted octanol–water partition coefficient (Wildman–Crippen LogP) is 1.34. The number of hydrogen-bond acceptors (Lipinski definition) is 5. The lowest BCUT2D eigenvalue weighted by Crippen LogP contribution is -2.37. The maximum absolute atomic E-state index is 12.5. The van der Waals surface area contributed by atoms with E-state index >= 15 is 0 Å². The molecule has 0 aliphatic rings. The van der Waals surface area contributed by atoms with Gasteiger partial charge in [-0.15, -0.1) is 0 Å². The maximum atomic E-state index is 12.5. The Labute approximate surface area is 122 Å². The fourth-order valence-electron chi connectivity index (χ4n) is 1.97. The van der Waals surface area contributed by atoms with Crippen LogP contribution in [0.25, 0.3) is 5.65 Å². The van der Waals surface area contributed by atoms with Gasteiger partial charge < -0.3 is 5.73 Å². The Morgan fingerprint density at radius 3 is 2.90 bits per heavy atom. The summed E-state index contributed by atoms with van der Waals surface area (Å²) in [5, 5.41) is 0.00709. The first-order valence-electron chi connectivity index (χ1n) is 6.23. The summed E-state index contributed by atoms with van der Waals surface area (Å²) >= 11 is 1.60. The van der Waals surface area contributed by atoms with Crippen molar-refractivity contribution in [3.63, 3.8) is 0 Å². The van der Waals surface area contributed by atoms with Gasteiger partial charge in [-0.3, -0.25) is 4.40 Å². The summed E-state index contributed by atoms with van der Waals surface area (Å²) < 4.78 is 29.2. The molecule has 0 aromatic carbocycles. The molecule has 0 amide bonds. The molecule has 2 aromatic heterocycles. The van der Waals surface area contributed by atoms with Crippen molar-refractivity contribution in [2.24, 2.45) is 0 Å². The largest absolute Gasteiger partial charge is 0.381 e. The van der Waals surface area contributed by atoms with Crippen molar-refractivity contribution < 1.29 is 8.42 Å². The molecule has 1 unspecified atom stereocenters. The van der Waals surface area contributed by atoms with Crippen molar-refractivity contribution in [1.29, 1.82) is 0 Å². The van der Waals surface area contributed by atoms with E-state index in [1.54, 1.807) is 36.2 Å². The third kappa shape index (κ3) is 2.92. The minimum atomic E-state index is -3.70. The van der Waals surface area contributed by atoms with E-state index in [1.165, 1.54) is 4.40 Å². The van der Waals surface area contributed by atoms with Gasteiger partial charge in [0.2, 0.25) is 0 Å². The minimum absolute atomic E-state index is 0.00709. The van der Waals surface area contributed by atoms with Gasteiger partial charge in [0.1, 0.15) is 5.65 Å². The second kappa shape index (κ2) is 6.02. The minimum Gasteiger partial charge on any atom is -0.381 e. The number of nitrogens with two attached hydrogens (primary N) is 1. The van der Waals surface area contributed by atoms with E-state index in [0.717, 1.165) is 6.42 Å². The van der Waals surface area contributed by atoms with Gasteiger partial charge in [-0.05, 0) is 24.8 Å². The van der Waals surface area contributed by atoms with E-state index in [1.807, 2.05) is 13.2 Å². The third-order valence-electron chi connectivity index (χ3n) is 2.95. The van der Waals surface area contributed by atoms with Crippen molar-refractivity contribution >= 4 is 33.3 Å². The van der Waals surface area contributed by atoms with Gasteiger partial charge in [0.05, 0.1) is 0 Å². The van der Waals surface area contributed by atoms with E-state index in [-0.39, 0.29) is 16.9 Å². The van der Waals surface area contributed by atoms with Crippen molar-refractivity contribution in [2.45, 2.75) is 24.4 Å². The van der Waals surface area contributed by atoms with Crippen molar-refractivity contribution in [1.82, 2.24) is 14.1 Å². The number of pyridine rings is 1. The number of thioether (sulfide) groups is 1. The monoisotopic (exact) mass is 314 g/mol. The average Bonchev–Trinajstić information content (AvgIpc) is 2.74. The van der Waals surface area contributed by atoms with Crippen LogP contribution in [0, 0.1) is 0 Å². The van der Waals surface area contributed by atoms with E-state index in [2.05, 4.69) is 9.71 Å². The van der Waals surface area contributed by atoms with Crippen molar-refractivity contribution in [2.75, 3.05) is 17.7 Å². The summed E-state index contributed by atoms with van der Waals surface area (Å²) in [6.07, 6.45) is 4.30. The second-order valence-corrected chi connectivity index (χ2v) is 6.95. The van der Waals surface area contributed by atoms with E-state index < -0.39 is 10.0 Å². The van der Waals surface area contributed by atoms with E-state index in [9.17, 15) is 8.42 Å². The molecule has 2 aromatic rings. The van der Waals surface area contributed by atoms with Crippen LogP contribution in [0.3, 0.4) is 0 Å². The topological polar surface area (TPSA) is 89.5 Å². The number of fused-ring (bicyclic) bond motifs is 1. The lowest BCUT2D eigenvalue weighted by molar-refractivity contribution is 0.554. The zero-order chi connectivity index (χ0) is 14.8. The Morgan fingerprint density at radius 1 is 1.50 bits per heavy atom. The molecule has 8 heteroatoms. The normalized spacial score (nSPS) is 13.7. The quantitative estimate of drug-likeness (QED) is 0.840. The molecule has 1 atom stereocenters. The summed E-state index contributed by atoms with van der Waals surface area (Å²) in [7, 11) is -3.70. The van der Waals surface area contributed by atoms with Gasteiger partial charge in [0.25, 0.3) is 10.0 Å². The fraction of sp³-hybridized carbons (Fsp3) is 0.417. The van der Waals surface area contributed by atoms with Crippen LogP contribution in [-0.4, -0.2) is 35.9 Å². The molecule has 110 valence electrons. The highest BCUT2D eigenvalue weighted by Crippen LogP contribution is 2.20. The van der Waals surface area contributed by atoms with Gasteiger partial charge in [-0.25, -0.2) is 18.1 Å². The molecule has 20 heavy (non-hydrogen) atoms. The first-order chi connectivity index (χ1) is 9.49. The van der Waals surface area contributed by atoms with Gasteiger partial charge in [-0.1, -0.05) is 13.0 Å². The highest BCUT2D eigenvalue weighted by molar-refractivity contribution is 7.98. The Balaban J connectivity index is 2.44. The van der Waals surface area contributed by atoms with Crippen LogP contribution >= 0.6 is 11.8 Å². The number of imidazole rings is 1. The SMILES string of the molecule is CCC(CSC)NS(=O)(=O)c1c(N)nc2ccccn12. The van der Waals surface area contributed by atoms with Crippen LogP contribution in [0.4, 0.5) is 5.82 Å². The van der Waals surface area contributed by atoms with Gasteiger partial charge >= 0.3 is 0 Å². The van der Waals surface area contributed by atoms with Crippen molar-refractivity contribution in [3.05, 3.63) is 24.4 Å². The summed E-state index contributed by atoms with van der Waals surface area (Å²) in [6.45, 7) is 1.95. The molecule has 2 heterocycles. The number of nitrogen functional groups attached to an aromatic ring is 1. The van der Waals surface area contributed by atoms with Crippen LogP contribution < -0.4 is 10.5 Å². The first-order valence-corrected chi connectivity index (χ1v) is 9.11. The molecular formula is C12H18N4O2S2. The zero-order valence-electron chi connectivity index (χ0n) is 11.4. The standard InChI is InChI=1S/C12H18N4O2S2/c1-3-9(8-19-2)15-20(17,18)12-11(13)14-10-6-4-5-7-16(10)12/h4-7,9,15H,3,8,13H2,1-2H3. The molecule has 0 aliphatic carbocycles. The van der Waals surface area contributed by atoms with E-state index in [4.69, 9.17) is 5.73 Å². The van der Waals surface area contributed by atoms with Crippen LogP contribution in [0.1, 0.15) is 13.3 Å². The molecule has 0 saturated carbocycles. The van der Waals surface area contributed by atoms with Gasteiger partial charge in [0.15, 0.2) is 10.8 Å². The number of hydrogen-bond donors (Lipinski definition) is 2. The molecule has 0 radical (unpaired) electrons. The Hall–Kier alpha value is -1.25. The molecule has 0 bridgehead atoms. The molecule has 6 nitrogen and oxygen atoms in total. The summed E-state index contributed by atoms with van der Waals surface area (Å²) in [6, 6.07) is 5.12. The number of sulfonamides is 1. The Kier molecular flexibility index (Phi) is 4.56. The smallest absolute Gasteiger partial charge is 0.260 e. The lowest BCUT2D eigenvalue weighted by atomic mass is 10.3. The Morgan fingerprint density at radius 2 is 2.25 bits per heavy atom. The molecule has 2 rings (SSSR count). The molecule has 0 spiro atoms. The molecule has 3 N–H and O–H groups in total. The molecular weight excluding hydrogens is 296 g/mol. The van der Waals surface area contributed by atoms with E-state index in [0.29, 0.717) is 11.4 Å². The third-order valence-corrected chi connectivity index (χ3v) is 5.24.